The van der Waals surface area contributed by atoms with E-state index in [-0.39, 0.29) is 0 Å². The highest BCUT2D eigenvalue weighted by molar-refractivity contribution is 5.79. The normalized spacial score (nSPS) is 12.0. The molecular formula is C17H33N5. The molecular weight excluding hydrogens is 274 g/mol. The van der Waals surface area contributed by atoms with Gasteiger partial charge in [0.05, 0.1) is 0 Å². The van der Waals surface area contributed by atoms with Crippen molar-refractivity contribution in [2.24, 2.45) is 10.9 Å². The van der Waals surface area contributed by atoms with Gasteiger partial charge in [-0.15, -0.1) is 0 Å². The Kier molecular flexibility index (Phi) is 9.35. The van der Waals surface area contributed by atoms with Gasteiger partial charge in [-0.05, 0) is 45.4 Å². The monoisotopic (exact) mass is 307 g/mol. The van der Waals surface area contributed by atoms with E-state index in [1.54, 1.807) is 0 Å². The van der Waals surface area contributed by atoms with Crippen LogP contribution < -0.4 is 10.6 Å². The summed E-state index contributed by atoms with van der Waals surface area (Å²) in [5.74, 6) is 2.80. The molecule has 0 saturated carbocycles. The zero-order valence-corrected chi connectivity index (χ0v) is 14.7. The van der Waals surface area contributed by atoms with Crippen molar-refractivity contribution >= 4 is 5.96 Å². The van der Waals surface area contributed by atoms with Gasteiger partial charge in [-0.3, -0.25) is 4.99 Å². The summed E-state index contributed by atoms with van der Waals surface area (Å²) in [6.07, 6.45) is 8.59. The summed E-state index contributed by atoms with van der Waals surface area (Å²) >= 11 is 0. The Morgan fingerprint density at radius 1 is 1.27 bits per heavy atom. The van der Waals surface area contributed by atoms with Crippen molar-refractivity contribution in [3.63, 3.8) is 0 Å². The maximum atomic E-state index is 4.63. The number of hydrogen-bond acceptors (Lipinski definition) is 2. The average molecular weight is 307 g/mol. The molecule has 0 aliphatic rings. The van der Waals surface area contributed by atoms with Crippen LogP contribution in [-0.4, -0.2) is 35.1 Å². The number of aromatic nitrogens is 2. The van der Waals surface area contributed by atoms with Crippen LogP contribution in [0.25, 0.3) is 0 Å². The van der Waals surface area contributed by atoms with E-state index >= 15 is 0 Å². The highest BCUT2D eigenvalue weighted by Gasteiger charge is 1.99. The molecule has 126 valence electrons. The van der Waals surface area contributed by atoms with Crippen LogP contribution >= 0.6 is 0 Å². The molecule has 1 aromatic rings. The van der Waals surface area contributed by atoms with Gasteiger partial charge in [0.15, 0.2) is 5.96 Å². The smallest absolute Gasteiger partial charge is 0.191 e. The molecule has 1 heterocycles. The first kappa shape index (κ1) is 18.5. The molecule has 0 aromatic carbocycles. The number of nitrogens with zero attached hydrogens (tertiary/aromatic N) is 3. The fourth-order valence-corrected chi connectivity index (χ4v) is 2.29. The van der Waals surface area contributed by atoms with Gasteiger partial charge in [0.1, 0.15) is 5.82 Å². The van der Waals surface area contributed by atoms with E-state index in [0.29, 0.717) is 0 Å². The summed E-state index contributed by atoms with van der Waals surface area (Å²) in [6, 6.07) is 0. The number of nitrogens with one attached hydrogen (secondary N) is 2. The van der Waals surface area contributed by atoms with Gasteiger partial charge in [-0.25, -0.2) is 4.98 Å². The number of unbranched alkanes of at least 4 members (excludes halogenated alkanes) is 1. The second-order valence-electron chi connectivity index (χ2n) is 6.10. The molecule has 5 heteroatoms. The van der Waals surface area contributed by atoms with Gasteiger partial charge < -0.3 is 15.2 Å². The topological polar surface area (TPSA) is 54.2 Å². The Morgan fingerprint density at radius 3 is 2.73 bits per heavy atom. The molecule has 0 amide bonds. The van der Waals surface area contributed by atoms with Gasteiger partial charge in [0, 0.05) is 38.6 Å². The minimum absolute atomic E-state index is 0.761. The number of aryl methyl sites for hydroxylation is 2. The van der Waals surface area contributed by atoms with Crippen LogP contribution in [0, 0.1) is 12.8 Å². The second-order valence-corrected chi connectivity index (χ2v) is 6.10. The Labute approximate surface area is 135 Å². The van der Waals surface area contributed by atoms with E-state index in [4.69, 9.17) is 0 Å². The van der Waals surface area contributed by atoms with Gasteiger partial charge in [-0.1, -0.05) is 13.8 Å². The Hall–Kier alpha value is -1.52. The van der Waals surface area contributed by atoms with Crippen molar-refractivity contribution in [2.75, 3.05) is 19.6 Å². The van der Waals surface area contributed by atoms with Crippen molar-refractivity contribution in [2.45, 2.75) is 59.9 Å². The first-order valence-electron chi connectivity index (χ1n) is 8.63. The maximum absolute atomic E-state index is 4.63. The summed E-state index contributed by atoms with van der Waals surface area (Å²) in [4.78, 5) is 8.87. The van der Waals surface area contributed by atoms with Gasteiger partial charge in [-0.2, -0.15) is 0 Å². The first-order chi connectivity index (χ1) is 10.6. The molecule has 2 N–H and O–H groups in total. The van der Waals surface area contributed by atoms with Crippen LogP contribution in [0.5, 0.6) is 0 Å². The van der Waals surface area contributed by atoms with Crippen LogP contribution in [0.1, 0.15) is 52.3 Å². The third kappa shape index (κ3) is 8.05. The standard InChI is InChI=1S/C17H33N5/c1-5-18-17(21-11-8-9-15(2)3)20-10-6-7-13-22-14-12-19-16(22)4/h12,14-15H,5-11,13H2,1-4H3,(H2,18,20,21). The largest absolute Gasteiger partial charge is 0.357 e. The zero-order chi connectivity index (χ0) is 16.2. The molecule has 5 nitrogen and oxygen atoms in total. The van der Waals surface area contributed by atoms with Gasteiger partial charge in [0.2, 0.25) is 0 Å². The van der Waals surface area contributed by atoms with Crippen molar-refractivity contribution < 1.29 is 0 Å². The maximum Gasteiger partial charge on any atom is 0.191 e. The lowest BCUT2D eigenvalue weighted by Crippen LogP contribution is -2.37. The Balaban J connectivity index is 2.17. The third-order valence-electron chi connectivity index (χ3n) is 3.60. The minimum Gasteiger partial charge on any atom is -0.357 e. The van der Waals surface area contributed by atoms with Crippen molar-refractivity contribution in [3.05, 3.63) is 18.2 Å². The van der Waals surface area contributed by atoms with E-state index in [2.05, 4.69) is 45.9 Å². The lowest BCUT2D eigenvalue weighted by Gasteiger charge is -2.12. The number of aliphatic imine (C=N–C) groups is 1. The van der Waals surface area contributed by atoms with Crippen LogP contribution in [0.15, 0.2) is 17.4 Å². The Bertz CT molecular complexity index is 422. The number of hydrogen-bond donors (Lipinski definition) is 2. The predicted molar refractivity (Wildman–Crippen MR) is 94.3 cm³/mol. The summed E-state index contributed by atoms with van der Waals surface area (Å²) in [6.45, 7) is 12.5. The highest BCUT2D eigenvalue weighted by Crippen LogP contribution is 2.03. The average Bonchev–Trinajstić information content (AvgIpc) is 2.88. The molecule has 0 atom stereocenters. The van der Waals surface area contributed by atoms with Gasteiger partial charge in [0.25, 0.3) is 0 Å². The lowest BCUT2D eigenvalue weighted by molar-refractivity contribution is 0.559. The molecule has 0 spiro atoms. The molecule has 1 aromatic heterocycles. The molecule has 0 aliphatic carbocycles. The quantitative estimate of drug-likeness (QED) is 0.397. The molecule has 0 unspecified atom stereocenters. The summed E-state index contributed by atoms with van der Waals surface area (Å²) in [5, 5.41) is 6.73. The van der Waals surface area contributed by atoms with Crippen LogP contribution in [0.3, 0.4) is 0 Å². The van der Waals surface area contributed by atoms with E-state index in [9.17, 15) is 0 Å². The van der Waals surface area contributed by atoms with Crippen molar-refractivity contribution in [3.8, 4) is 0 Å². The molecule has 0 fully saturated rings. The van der Waals surface area contributed by atoms with Crippen LogP contribution in [0.4, 0.5) is 0 Å². The van der Waals surface area contributed by atoms with Gasteiger partial charge >= 0.3 is 0 Å². The second kappa shape index (κ2) is 11.1. The molecule has 0 bridgehead atoms. The molecule has 22 heavy (non-hydrogen) atoms. The minimum atomic E-state index is 0.761. The zero-order valence-electron chi connectivity index (χ0n) is 14.7. The van der Waals surface area contributed by atoms with E-state index in [1.807, 2.05) is 19.3 Å². The number of rotatable bonds is 10. The van der Waals surface area contributed by atoms with Crippen molar-refractivity contribution in [1.82, 2.24) is 20.2 Å². The molecule has 0 aliphatic heterocycles. The predicted octanol–water partition coefficient (Wildman–Crippen LogP) is 2.96. The number of imidazole rings is 1. The van der Waals surface area contributed by atoms with Crippen LogP contribution in [-0.2, 0) is 6.54 Å². The first-order valence-corrected chi connectivity index (χ1v) is 8.63. The van der Waals surface area contributed by atoms with Crippen molar-refractivity contribution in [1.29, 1.82) is 0 Å². The van der Waals surface area contributed by atoms with E-state index in [1.165, 1.54) is 6.42 Å². The molecule has 0 saturated heterocycles. The van der Waals surface area contributed by atoms with E-state index in [0.717, 1.165) is 63.1 Å². The highest BCUT2D eigenvalue weighted by atomic mass is 15.2. The summed E-state index contributed by atoms with van der Waals surface area (Å²) in [7, 11) is 0. The number of guanidine groups is 1. The SMILES string of the molecule is CCNC(=NCCCC(C)C)NCCCCn1ccnc1C. The third-order valence-corrected chi connectivity index (χ3v) is 3.60. The lowest BCUT2D eigenvalue weighted by atomic mass is 10.1. The Morgan fingerprint density at radius 2 is 2.09 bits per heavy atom. The fraction of sp³-hybridized carbons (Fsp3) is 0.765. The van der Waals surface area contributed by atoms with Crippen LogP contribution in [0.2, 0.25) is 0 Å². The summed E-state index contributed by atoms with van der Waals surface area (Å²) < 4.78 is 2.20. The molecule has 0 radical (unpaired) electrons. The fourth-order valence-electron chi connectivity index (χ4n) is 2.29. The van der Waals surface area contributed by atoms with E-state index < -0.39 is 0 Å². The molecule has 1 rings (SSSR count). The summed E-state index contributed by atoms with van der Waals surface area (Å²) in [5.41, 5.74) is 0.